The van der Waals surface area contributed by atoms with Crippen molar-refractivity contribution in [1.29, 1.82) is 0 Å². The molecular weight excluding hydrogens is 265 g/mol. The molecule has 1 unspecified atom stereocenters. The Hall–Kier alpha value is -1.36. The molecule has 0 aliphatic carbocycles. The third kappa shape index (κ3) is 3.35. The van der Waals surface area contributed by atoms with Gasteiger partial charge < -0.3 is 4.90 Å². The average molecular weight is 281 g/mol. The summed E-state index contributed by atoms with van der Waals surface area (Å²) >= 11 is 1.22. The molecule has 0 bridgehead atoms. The van der Waals surface area contributed by atoms with Crippen LogP contribution in [0.4, 0.5) is 10.1 Å². The number of anilines is 1. The van der Waals surface area contributed by atoms with E-state index in [9.17, 15) is 14.0 Å². The second kappa shape index (κ2) is 5.74. The van der Waals surface area contributed by atoms with Crippen LogP contribution >= 0.6 is 11.8 Å². The SMILES string of the molecule is CC(=O)SCC1CC(=O)N(c2cc(C)ccc2F)C1. The first-order chi connectivity index (χ1) is 8.97. The Labute approximate surface area is 116 Å². The highest BCUT2D eigenvalue weighted by molar-refractivity contribution is 8.13. The zero-order valence-electron chi connectivity index (χ0n) is 11.0. The lowest BCUT2D eigenvalue weighted by Crippen LogP contribution is -2.25. The molecule has 1 atom stereocenters. The van der Waals surface area contributed by atoms with Crippen molar-refractivity contribution in [2.75, 3.05) is 17.2 Å². The molecule has 0 aromatic heterocycles. The second-order valence-electron chi connectivity index (χ2n) is 4.83. The fourth-order valence-electron chi connectivity index (χ4n) is 2.19. The van der Waals surface area contributed by atoms with E-state index >= 15 is 0 Å². The van der Waals surface area contributed by atoms with Crippen molar-refractivity contribution in [3.63, 3.8) is 0 Å². The molecular formula is C14H16FNO2S. The van der Waals surface area contributed by atoms with Crippen LogP contribution < -0.4 is 4.90 Å². The highest BCUT2D eigenvalue weighted by Gasteiger charge is 2.32. The van der Waals surface area contributed by atoms with Crippen molar-refractivity contribution in [2.45, 2.75) is 20.3 Å². The van der Waals surface area contributed by atoms with Crippen LogP contribution in [0.1, 0.15) is 18.9 Å². The summed E-state index contributed by atoms with van der Waals surface area (Å²) in [5.74, 6) is 0.282. The lowest BCUT2D eigenvalue weighted by molar-refractivity contribution is -0.117. The van der Waals surface area contributed by atoms with Crippen LogP contribution in [0.5, 0.6) is 0 Å². The van der Waals surface area contributed by atoms with Gasteiger partial charge in [0.05, 0.1) is 5.69 Å². The van der Waals surface area contributed by atoms with Crippen LogP contribution in [0.15, 0.2) is 18.2 Å². The molecule has 19 heavy (non-hydrogen) atoms. The van der Waals surface area contributed by atoms with Crippen LogP contribution in [0.25, 0.3) is 0 Å². The molecule has 102 valence electrons. The number of benzene rings is 1. The Balaban J connectivity index is 2.11. The van der Waals surface area contributed by atoms with Gasteiger partial charge in [0.2, 0.25) is 5.91 Å². The molecule has 1 aromatic carbocycles. The molecule has 0 radical (unpaired) electrons. The Morgan fingerprint density at radius 2 is 2.26 bits per heavy atom. The van der Waals surface area contributed by atoms with E-state index in [1.54, 1.807) is 12.1 Å². The van der Waals surface area contributed by atoms with Gasteiger partial charge in [-0.05, 0) is 30.5 Å². The monoisotopic (exact) mass is 281 g/mol. The highest BCUT2D eigenvalue weighted by atomic mass is 32.2. The van der Waals surface area contributed by atoms with Crippen molar-refractivity contribution in [2.24, 2.45) is 5.92 Å². The largest absolute Gasteiger partial charge is 0.309 e. The maximum atomic E-state index is 13.8. The quantitative estimate of drug-likeness (QED) is 0.855. The molecule has 0 saturated carbocycles. The predicted molar refractivity (Wildman–Crippen MR) is 74.7 cm³/mol. The number of thioether (sulfide) groups is 1. The van der Waals surface area contributed by atoms with Gasteiger partial charge in [-0.2, -0.15) is 0 Å². The van der Waals surface area contributed by atoms with Crippen molar-refractivity contribution in [1.82, 2.24) is 0 Å². The summed E-state index contributed by atoms with van der Waals surface area (Å²) in [5, 5.41) is 0.0487. The molecule has 1 fully saturated rings. The molecule has 1 amide bonds. The van der Waals surface area contributed by atoms with Gasteiger partial charge in [-0.25, -0.2) is 4.39 Å². The lowest BCUT2D eigenvalue weighted by atomic mass is 10.1. The topological polar surface area (TPSA) is 37.4 Å². The fourth-order valence-corrected chi connectivity index (χ4v) is 2.88. The number of amides is 1. The summed E-state index contributed by atoms with van der Waals surface area (Å²) in [6.45, 7) is 3.87. The van der Waals surface area contributed by atoms with Gasteiger partial charge in [0.1, 0.15) is 5.82 Å². The number of hydrogen-bond acceptors (Lipinski definition) is 3. The summed E-state index contributed by atoms with van der Waals surface area (Å²) in [6, 6.07) is 4.76. The zero-order chi connectivity index (χ0) is 14.0. The second-order valence-corrected chi connectivity index (χ2v) is 6.03. The standard InChI is InChI=1S/C14H16FNO2S/c1-9-3-4-12(15)13(5-9)16-7-11(6-14(16)18)8-19-10(2)17/h3-5,11H,6-8H2,1-2H3. The third-order valence-electron chi connectivity index (χ3n) is 3.12. The fraction of sp³-hybridized carbons (Fsp3) is 0.429. The van der Waals surface area contributed by atoms with Gasteiger partial charge in [-0.15, -0.1) is 0 Å². The number of carbonyl (C=O) groups is 2. The first-order valence-electron chi connectivity index (χ1n) is 6.17. The van der Waals surface area contributed by atoms with Crippen molar-refractivity contribution in [3.8, 4) is 0 Å². The average Bonchev–Trinajstić information content (AvgIpc) is 2.71. The molecule has 1 heterocycles. The Morgan fingerprint density at radius 1 is 1.53 bits per heavy atom. The van der Waals surface area contributed by atoms with Crippen molar-refractivity contribution >= 4 is 28.5 Å². The van der Waals surface area contributed by atoms with Crippen LogP contribution in [-0.4, -0.2) is 23.3 Å². The number of halogens is 1. The van der Waals surface area contributed by atoms with E-state index in [1.807, 2.05) is 6.92 Å². The minimum atomic E-state index is -0.376. The summed E-state index contributed by atoms with van der Waals surface area (Å²) < 4.78 is 13.8. The normalized spacial score (nSPS) is 19.0. The molecule has 1 aromatic rings. The maximum absolute atomic E-state index is 13.8. The van der Waals surface area contributed by atoms with Crippen LogP contribution in [0.3, 0.4) is 0 Å². The molecule has 0 spiro atoms. The Bertz CT molecular complexity index is 518. The van der Waals surface area contributed by atoms with E-state index in [2.05, 4.69) is 0 Å². The number of nitrogens with zero attached hydrogens (tertiary/aromatic N) is 1. The van der Waals surface area contributed by atoms with E-state index in [4.69, 9.17) is 0 Å². The minimum Gasteiger partial charge on any atom is -0.309 e. The number of carbonyl (C=O) groups excluding carboxylic acids is 2. The van der Waals surface area contributed by atoms with Crippen LogP contribution in [0.2, 0.25) is 0 Å². The van der Waals surface area contributed by atoms with Gasteiger partial charge in [-0.1, -0.05) is 17.8 Å². The van der Waals surface area contributed by atoms with E-state index in [1.165, 1.54) is 29.7 Å². The first kappa shape index (κ1) is 14.1. The van der Waals surface area contributed by atoms with Crippen LogP contribution in [-0.2, 0) is 9.59 Å². The van der Waals surface area contributed by atoms with E-state index in [0.717, 1.165) is 5.56 Å². The van der Waals surface area contributed by atoms with Gasteiger partial charge >= 0.3 is 0 Å². The smallest absolute Gasteiger partial charge is 0.227 e. The maximum Gasteiger partial charge on any atom is 0.227 e. The summed E-state index contributed by atoms with van der Waals surface area (Å²) in [7, 11) is 0. The van der Waals surface area contributed by atoms with Gasteiger partial charge in [0.15, 0.2) is 5.12 Å². The zero-order valence-corrected chi connectivity index (χ0v) is 11.8. The van der Waals surface area contributed by atoms with E-state index in [0.29, 0.717) is 24.4 Å². The Kier molecular flexibility index (Phi) is 4.24. The molecule has 3 nitrogen and oxygen atoms in total. The van der Waals surface area contributed by atoms with E-state index < -0.39 is 0 Å². The molecule has 0 N–H and O–H groups in total. The molecule has 1 aliphatic heterocycles. The summed E-state index contributed by atoms with van der Waals surface area (Å²) in [6.07, 6.45) is 0.383. The third-order valence-corrected chi connectivity index (χ3v) is 4.16. The molecule has 1 saturated heterocycles. The summed E-state index contributed by atoms with van der Waals surface area (Å²) in [4.78, 5) is 24.4. The van der Waals surface area contributed by atoms with Crippen molar-refractivity contribution in [3.05, 3.63) is 29.6 Å². The van der Waals surface area contributed by atoms with Gasteiger partial charge in [0.25, 0.3) is 0 Å². The number of rotatable bonds is 3. The van der Waals surface area contributed by atoms with Crippen LogP contribution in [0, 0.1) is 18.7 Å². The number of aryl methyl sites for hydroxylation is 1. The molecule has 2 rings (SSSR count). The van der Waals surface area contributed by atoms with Crippen molar-refractivity contribution < 1.29 is 14.0 Å². The van der Waals surface area contributed by atoms with E-state index in [-0.39, 0.29) is 22.8 Å². The molecule has 1 aliphatic rings. The summed E-state index contributed by atoms with van der Waals surface area (Å²) in [5.41, 5.74) is 1.27. The van der Waals surface area contributed by atoms with Gasteiger partial charge in [0, 0.05) is 25.6 Å². The molecule has 5 heteroatoms. The Morgan fingerprint density at radius 3 is 2.95 bits per heavy atom. The predicted octanol–water partition coefficient (Wildman–Crippen LogP) is 2.77. The first-order valence-corrected chi connectivity index (χ1v) is 7.16. The highest BCUT2D eigenvalue weighted by Crippen LogP contribution is 2.29. The number of hydrogen-bond donors (Lipinski definition) is 0. The van der Waals surface area contributed by atoms with Gasteiger partial charge in [-0.3, -0.25) is 9.59 Å². The minimum absolute atomic E-state index is 0.0487. The lowest BCUT2D eigenvalue weighted by Gasteiger charge is -2.18.